The van der Waals surface area contributed by atoms with E-state index >= 15 is 0 Å². The van der Waals surface area contributed by atoms with Crippen molar-refractivity contribution >= 4 is 6.03 Å². The average Bonchev–Trinajstić information content (AvgIpc) is 2.66. The second-order valence-corrected chi connectivity index (χ2v) is 7.20. The highest BCUT2D eigenvalue weighted by Crippen LogP contribution is 2.20. The van der Waals surface area contributed by atoms with E-state index in [1.165, 1.54) is 11.3 Å². The van der Waals surface area contributed by atoms with E-state index in [2.05, 4.69) is 22.7 Å². The summed E-state index contributed by atoms with van der Waals surface area (Å²) >= 11 is 0. The van der Waals surface area contributed by atoms with Crippen molar-refractivity contribution in [2.24, 2.45) is 12.5 Å². The zero-order valence-electron chi connectivity index (χ0n) is 15.4. The fourth-order valence-corrected chi connectivity index (χ4v) is 2.90. The van der Waals surface area contributed by atoms with Crippen LogP contribution < -0.4 is 10.6 Å². The number of aromatic nitrogens is 2. The molecule has 1 rings (SSSR count). The van der Waals surface area contributed by atoms with Gasteiger partial charge in [-0.15, -0.1) is 0 Å². The standard InChI is InChI=1S/C17H32N4O2/c1-12(22)10-17(4,5)11-19-16(23)18-9-7-8-15-13(2)20-21(6)14(15)3/h12,22H,7-11H2,1-6H3,(H2,18,19,23). The highest BCUT2D eigenvalue weighted by atomic mass is 16.3. The molecule has 0 aliphatic heterocycles. The van der Waals surface area contributed by atoms with E-state index in [1.807, 2.05) is 32.5 Å². The molecule has 0 fully saturated rings. The topological polar surface area (TPSA) is 79.2 Å². The van der Waals surface area contributed by atoms with Gasteiger partial charge in [0.1, 0.15) is 0 Å². The maximum Gasteiger partial charge on any atom is 0.314 e. The van der Waals surface area contributed by atoms with Gasteiger partial charge in [0.15, 0.2) is 0 Å². The smallest absolute Gasteiger partial charge is 0.314 e. The fraction of sp³-hybridized carbons (Fsp3) is 0.765. The Bertz CT molecular complexity index is 521. The normalized spacial score (nSPS) is 13.0. The maximum absolute atomic E-state index is 11.8. The molecule has 0 spiro atoms. The predicted molar refractivity (Wildman–Crippen MR) is 92.5 cm³/mol. The van der Waals surface area contributed by atoms with E-state index < -0.39 is 0 Å². The Morgan fingerprint density at radius 1 is 1.35 bits per heavy atom. The third-order valence-electron chi connectivity index (χ3n) is 4.12. The minimum atomic E-state index is -0.360. The zero-order chi connectivity index (χ0) is 17.6. The van der Waals surface area contributed by atoms with E-state index in [4.69, 9.17) is 0 Å². The molecule has 0 radical (unpaired) electrons. The minimum Gasteiger partial charge on any atom is -0.393 e. The summed E-state index contributed by atoms with van der Waals surface area (Å²) in [6.07, 6.45) is 2.10. The fourth-order valence-electron chi connectivity index (χ4n) is 2.90. The van der Waals surface area contributed by atoms with Crippen molar-refractivity contribution in [3.8, 4) is 0 Å². The highest BCUT2D eigenvalue weighted by molar-refractivity contribution is 5.73. The molecule has 0 saturated carbocycles. The molecule has 3 N–H and O–H groups in total. The van der Waals surface area contributed by atoms with Crippen molar-refractivity contribution in [2.45, 2.75) is 60.0 Å². The van der Waals surface area contributed by atoms with Crippen LogP contribution in [0, 0.1) is 19.3 Å². The van der Waals surface area contributed by atoms with Gasteiger partial charge in [0.25, 0.3) is 0 Å². The Morgan fingerprint density at radius 2 is 2.00 bits per heavy atom. The lowest BCUT2D eigenvalue weighted by Crippen LogP contribution is -2.41. The lowest BCUT2D eigenvalue weighted by molar-refractivity contribution is 0.129. The molecule has 23 heavy (non-hydrogen) atoms. The monoisotopic (exact) mass is 324 g/mol. The molecule has 0 bridgehead atoms. The quantitative estimate of drug-likeness (QED) is 0.641. The number of rotatable bonds is 8. The molecular formula is C17H32N4O2. The van der Waals surface area contributed by atoms with Gasteiger partial charge in [-0.1, -0.05) is 13.8 Å². The Balaban J connectivity index is 2.27. The molecule has 1 aromatic heterocycles. The van der Waals surface area contributed by atoms with Gasteiger partial charge < -0.3 is 15.7 Å². The van der Waals surface area contributed by atoms with Crippen LogP contribution in [0.3, 0.4) is 0 Å². The number of hydrogen-bond acceptors (Lipinski definition) is 3. The number of carbonyl (C=O) groups excluding carboxylic acids is 1. The van der Waals surface area contributed by atoms with E-state index in [-0.39, 0.29) is 17.6 Å². The zero-order valence-corrected chi connectivity index (χ0v) is 15.4. The molecule has 1 atom stereocenters. The highest BCUT2D eigenvalue weighted by Gasteiger charge is 2.20. The third-order valence-corrected chi connectivity index (χ3v) is 4.12. The molecule has 132 valence electrons. The van der Waals surface area contributed by atoms with Gasteiger partial charge in [-0.25, -0.2) is 4.79 Å². The van der Waals surface area contributed by atoms with Crippen molar-refractivity contribution in [3.05, 3.63) is 17.0 Å². The second kappa shape index (κ2) is 8.34. The van der Waals surface area contributed by atoms with Gasteiger partial charge in [0, 0.05) is 25.8 Å². The molecule has 1 unspecified atom stereocenters. The number of nitrogens with one attached hydrogen (secondary N) is 2. The van der Waals surface area contributed by atoms with Crippen LogP contribution in [-0.2, 0) is 13.5 Å². The summed E-state index contributed by atoms with van der Waals surface area (Å²) in [5, 5.41) is 19.6. The van der Waals surface area contributed by atoms with Crippen LogP contribution >= 0.6 is 0 Å². The number of amides is 2. The van der Waals surface area contributed by atoms with Crippen LogP contribution in [0.5, 0.6) is 0 Å². The van der Waals surface area contributed by atoms with Crippen molar-refractivity contribution in [2.75, 3.05) is 13.1 Å². The number of aliphatic hydroxyl groups is 1. The van der Waals surface area contributed by atoms with E-state index in [0.29, 0.717) is 19.5 Å². The van der Waals surface area contributed by atoms with E-state index in [9.17, 15) is 9.90 Å². The van der Waals surface area contributed by atoms with Gasteiger partial charge in [-0.3, -0.25) is 4.68 Å². The summed E-state index contributed by atoms with van der Waals surface area (Å²) in [4.78, 5) is 11.8. The van der Waals surface area contributed by atoms with Crippen molar-refractivity contribution < 1.29 is 9.90 Å². The molecule has 0 aliphatic carbocycles. The molecule has 1 aromatic rings. The van der Waals surface area contributed by atoms with Crippen LogP contribution in [0.4, 0.5) is 4.79 Å². The molecule has 2 amide bonds. The summed E-state index contributed by atoms with van der Waals surface area (Å²) in [6.45, 7) is 11.1. The number of aliphatic hydroxyl groups excluding tert-OH is 1. The first-order chi connectivity index (χ1) is 10.6. The largest absolute Gasteiger partial charge is 0.393 e. The molecule has 0 saturated heterocycles. The number of urea groups is 1. The average molecular weight is 324 g/mol. The molecule has 6 nitrogen and oxygen atoms in total. The van der Waals surface area contributed by atoms with Crippen molar-refractivity contribution in [1.29, 1.82) is 0 Å². The van der Waals surface area contributed by atoms with Gasteiger partial charge in [-0.2, -0.15) is 5.10 Å². The Morgan fingerprint density at radius 3 is 2.52 bits per heavy atom. The molecule has 6 heteroatoms. The van der Waals surface area contributed by atoms with Gasteiger partial charge in [0.2, 0.25) is 0 Å². The summed E-state index contributed by atoms with van der Waals surface area (Å²) < 4.78 is 1.90. The number of carbonyl (C=O) groups is 1. The van der Waals surface area contributed by atoms with Crippen molar-refractivity contribution in [3.63, 3.8) is 0 Å². The van der Waals surface area contributed by atoms with Crippen LogP contribution in [0.1, 0.15) is 50.6 Å². The molecular weight excluding hydrogens is 292 g/mol. The molecule has 1 heterocycles. The van der Waals surface area contributed by atoms with Gasteiger partial charge >= 0.3 is 6.03 Å². The third kappa shape index (κ3) is 6.60. The Hall–Kier alpha value is -1.56. The van der Waals surface area contributed by atoms with Crippen molar-refractivity contribution in [1.82, 2.24) is 20.4 Å². The number of hydrogen-bond donors (Lipinski definition) is 3. The van der Waals surface area contributed by atoms with Crippen LogP contribution in [0.2, 0.25) is 0 Å². The predicted octanol–water partition coefficient (Wildman–Crippen LogP) is 2.07. The number of nitrogens with zero attached hydrogens (tertiary/aromatic N) is 2. The van der Waals surface area contributed by atoms with Gasteiger partial charge in [0.05, 0.1) is 11.8 Å². The molecule has 0 aliphatic rings. The Labute approximate surface area is 139 Å². The summed E-state index contributed by atoms with van der Waals surface area (Å²) in [6, 6.07) is -0.150. The first-order valence-electron chi connectivity index (χ1n) is 8.31. The SMILES string of the molecule is Cc1nn(C)c(C)c1CCCNC(=O)NCC(C)(C)CC(C)O. The van der Waals surface area contributed by atoms with Gasteiger partial charge in [-0.05, 0) is 51.0 Å². The maximum atomic E-state index is 11.8. The summed E-state index contributed by atoms with van der Waals surface area (Å²) in [5.74, 6) is 0. The summed E-state index contributed by atoms with van der Waals surface area (Å²) in [7, 11) is 1.95. The Kier molecular flexibility index (Phi) is 7.06. The van der Waals surface area contributed by atoms with E-state index in [0.717, 1.165) is 18.5 Å². The lowest BCUT2D eigenvalue weighted by atomic mass is 9.87. The first kappa shape index (κ1) is 19.5. The van der Waals surface area contributed by atoms with Crippen LogP contribution in [-0.4, -0.2) is 40.1 Å². The number of aryl methyl sites for hydroxylation is 2. The first-order valence-corrected chi connectivity index (χ1v) is 8.31. The summed E-state index contributed by atoms with van der Waals surface area (Å²) in [5.41, 5.74) is 3.41. The molecule has 0 aromatic carbocycles. The second-order valence-electron chi connectivity index (χ2n) is 7.20. The lowest BCUT2D eigenvalue weighted by Gasteiger charge is -2.26. The van der Waals surface area contributed by atoms with E-state index in [1.54, 1.807) is 6.92 Å². The van der Waals surface area contributed by atoms with Crippen LogP contribution in [0.15, 0.2) is 0 Å². The minimum absolute atomic E-state index is 0.116. The van der Waals surface area contributed by atoms with Crippen LogP contribution in [0.25, 0.3) is 0 Å².